The van der Waals surface area contributed by atoms with E-state index in [0.29, 0.717) is 17.8 Å². The molecule has 0 aromatic heterocycles. The number of hydrogen-bond acceptors (Lipinski definition) is 2. The number of carbonyl (C=O) groups excluding carboxylic acids is 2. The van der Waals surface area contributed by atoms with Crippen LogP contribution in [0.5, 0.6) is 0 Å². The van der Waals surface area contributed by atoms with Crippen LogP contribution in [0.15, 0.2) is 48.5 Å². The van der Waals surface area contributed by atoms with E-state index in [1.165, 1.54) is 0 Å². The summed E-state index contributed by atoms with van der Waals surface area (Å²) in [4.78, 5) is 23.3. The lowest BCUT2D eigenvalue weighted by Gasteiger charge is -2.10. The summed E-state index contributed by atoms with van der Waals surface area (Å²) >= 11 is 0. The molecule has 0 aliphatic carbocycles. The molecule has 0 saturated heterocycles. The number of benzene rings is 2. The molecule has 0 heterocycles. The summed E-state index contributed by atoms with van der Waals surface area (Å²) in [6.45, 7) is 0. The molecule has 0 atom stereocenters. The van der Waals surface area contributed by atoms with E-state index in [0.717, 1.165) is 0 Å². The molecule has 0 spiro atoms. The highest BCUT2D eigenvalue weighted by molar-refractivity contribution is 6.08. The molecule has 2 rings (SSSR count). The lowest BCUT2D eigenvalue weighted by Crippen LogP contribution is -2.34. The van der Waals surface area contributed by atoms with Crippen LogP contribution in [0.1, 0.15) is 15.9 Å². The Morgan fingerprint density at radius 3 is 2.17 bits per heavy atom. The van der Waals surface area contributed by atoms with Crippen LogP contribution in [0, 0.1) is 5.82 Å². The van der Waals surface area contributed by atoms with Crippen LogP contribution in [0.25, 0.3) is 0 Å². The van der Waals surface area contributed by atoms with E-state index in [1.54, 1.807) is 30.3 Å². The summed E-state index contributed by atoms with van der Waals surface area (Å²) in [5, 5.41) is 4.16. The topological polar surface area (TPSA) is 58.2 Å². The molecule has 8 heteroatoms. The van der Waals surface area contributed by atoms with Gasteiger partial charge < -0.3 is 5.32 Å². The summed E-state index contributed by atoms with van der Waals surface area (Å²) < 4.78 is 50.9. The maximum atomic E-state index is 13.6. The van der Waals surface area contributed by atoms with Gasteiger partial charge in [-0.05, 0) is 30.3 Å². The first kappa shape index (κ1) is 16.5. The van der Waals surface area contributed by atoms with Crippen LogP contribution in [0.2, 0.25) is 0 Å². The average Bonchev–Trinajstić information content (AvgIpc) is 2.46. The van der Waals surface area contributed by atoms with Gasteiger partial charge in [-0.25, -0.2) is 9.18 Å². The third-order valence-electron chi connectivity index (χ3n) is 2.80. The van der Waals surface area contributed by atoms with E-state index in [-0.39, 0.29) is 6.07 Å². The quantitative estimate of drug-likeness (QED) is 0.825. The van der Waals surface area contributed by atoms with Crippen LogP contribution in [-0.4, -0.2) is 11.9 Å². The van der Waals surface area contributed by atoms with Crippen molar-refractivity contribution < 1.29 is 27.2 Å². The molecule has 23 heavy (non-hydrogen) atoms. The van der Waals surface area contributed by atoms with Crippen LogP contribution in [0.3, 0.4) is 0 Å². The third kappa shape index (κ3) is 4.29. The van der Waals surface area contributed by atoms with Gasteiger partial charge in [-0.2, -0.15) is 13.2 Å². The first-order valence-corrected chi connectivity index (χ1v) is 6.31. The molecule has 2 aromatic rings. The van der Waals surface area contributed by atoms with E-state index >= 15 is 0 Å². The number of rotatable bonds is 2. The van der Waals surface area contributed by atoms with E-state index in [1.807, 2.05) is 5.32 Å². The molecule has 0 aliphatic heterocycles. The number of urea groups is 1. The Hall–Kier alpha value is -2.90. The van der Waals surface area contributed by atoms with Gasteiger partial charge in [0.15, 0.2) is 0 Å². The predicted octanol–water partition coefficient (Wildman–Crippen LogP) is 3.81. The van der Waals surface area contributed by atoms with Crippen molar-refractivity contribution in [2.24, 2.45) is 0 Å². The first-order valence-electron chi connectivity index (χ1n) is 6.31. The maximum Gasteiger partial charge on any atom is 0.416 e. The number of para-hydroxylation sites is 1. The lowest BCUT2D eigenvalue weighted by atomic mass is 10.1. The van der Waals surface area contributed by atoms with E-state index in [9.17, 15) is 27.2 Å². The third-order valence-corrected chi connectivity index (χ3v) is 2.80. The second-order valence-corrected chi connectivity index (χ2v) is 4.47. The second-order valence-electron chi connectivity index (χ2n) is 4.47. The van der Waals surface area contributed by atoms with Crippen molar-refractivity contribution in [1.82, 2.24) is 5.32 Å². The summed E-state index contributed by atoms with van der Waals surface area (Å²) in [6, 6.07) is 8.62. The van der Waals surface area contributed by atoms with Gasteiger partial charge in [-0.1, -0.05) is 18.2 Å². The van der Waals surface area contributed by atoms with Gasteiger partial charge in [-0.15, -0.1) is 0 Å². The van der Waals surface area contributed by atoms with Gasteiger partial charge in [0.2, 0.25) is 0 Å². The molecule has 0 radical (unpaired) electrons. The Morgan fingerprint density at radius 2 is 1.61 bits per heavy atom. The van der Waals surface area contributed by atoms with Crippen molar-refractivity contribution >= 4 is 17.6 Å². The number of alkyl halides is 3. The van der Waals surface area contributed by atoms with Crippen molar-refractivity contribution in [3.63, 3.8) is 0 Å². The Balaban J connectivity index is 2.07. The number of halogens is 4. The number of amides is 3. The fraction of sp³-hybridized carbons (Fsp3) is 0.0667. The lowest BCUT2D eigenvalue weighted by molar-refractivity contribution is -0.137. The number of imide groups is 1. The molecule has 4 nitrogen and oxygen atoms in total. The van der Waals surface area contributed by atoms with Gasteiger partial charge in [0.25, 0.3) is 5.91 Å². The highest BCUT2D eigenvalue weighted by Gasteiger charge is 2.31. The smallest absolute Gasteiger partial charge is 0.308 e. The zero-order valence-electron chi connectivity index (χ0n) is 11.4. The maximum absolute atomic E-state index is 13.6. The molecule has 2 aromatic carbocycles. The minimum absolute atomic E-state index is 0.198. The molecular weight excluding hydrogens is 316 g/mol. The summed E-state index contributed by atoms with van der Waals surface area (Å²) in [5.74, 6) is -2.52. The molecule has 0 fully saturated rings. The van der Waals surface area contributed by atoms with Gasteiger partial charge in [0.1, 0.15) is 5.82 Å². The van der Waals surface area contributed by atoms with Gasteiger partial charge in [0, 0.05) is 5.69 Å². The molecule has 2 N–H and O–H groups in total. The van der Waals surface area contributed by atoms with Crippen LogP contribution >= 0.6 is 0 Å². The summed E-state index contributed by atoms with van der Waals surface area (Å²) in [5.41, 5.74) is -1.49. The largest absolute Gasteiger partial charge is 0.416 e. The molecule has 3 amide bonds. The Labute approximate surface area is 128 Å². The Kier molecular flexibility index (Phi) is 4.63. The molecule has 120 valence electrons. The monoisotopic (exact) mass is 326 g/mol. The van der Waals surface area contributed by atoms with Crippen molar-refractivity contribution in [1.29, 1.82) is 0 Å². The Morgan fingerprint density at radius 1 is 0.957 bits per heavy atom. The number of hydrogen-bond donors (Lipinski definition) is 2. The highest BCUT2D eigenvalue weighted by Crippen LogP contribution is 2.30. The average molecular weight is 326 g/mol. The first-order chi connectivity index (χ1) is 10.8. The van der Waals surface area contributed by atoms with Crippen LogP contribution < -0.4 is 10.6 Å². The fourth-order valence-corrected chi connectivity index (χ4v) is 1.73. The molecule has 0 aliphatic rings. The fourth-order valence-electron chi connectivity index (χ4n) is 1.73. The van der Waals surface area contributed by atoms with Crippen molar-refractivity contribution in [2.75, 3.05) is 5.32 Å². The zero-order chi connectivity index (χ0) is 17.0. The molecule has 0 bridgehead atoms. The van der Waals surface area contributed by atoms with E-state index in [2.05, 4.69) is 5.32 Å². The minimum Gasteiger partial charge on any atom is -0.308 e. The molecular formula is C15H10F4N2O2. The standard InChI is InChI=1S/C15H10F4N2O2/c16-12-8-9(15(17,18)19)6-7-11(12)13(22)21-14(23)20-10-4-2-1-3-5-10/h1-8H,(H2,20,21,22,23). The summed E-state index contributed by atoms with van der Waals surface area (Å²) in [6.07, 6.45) is -4.72. The van der Waals surface area contributed by atoms with Gasteiger partial charge in [0.05, 0.1) is 11.1 Å². The van der Waals surface area contributed by atoms with Crippen LogP contribution in [-0.2, 0) is 6.18 Å². The molecule has 0 unspecified atom stereocenters. The SMILES string of the molecule is O=C(NC(=O)c1ccc(C(F)(F)F)cc1F)Nc1ccccc1. The van der Waals surface area contributed by atoms with E-state index < -0.39 is 35.1 Å². The number of nitrogens with one attached hydrogen (secondary N) is 2. The second kappa shape index (κ2) is 6.47. The number of anilines is 1. The normalized spacial score (nSPS) is 11.0. The minimum atomic E-state index is -4.72. The van der Waals surface area contributed by atoms with Crippen molar-refractivity contribution in [3.05, 3.63) is 65.5 Å². The van der Waals surface area contributed by atoms with Crippen molar-refractivity contribution in [3.8, 4) is 0 Å². The van der Waals surface area contributed by atoms with E-state index in [4.69, 9.17) is 0 Å². The van der Waals surface area contributed by atoms with Gasteiger partial charge in [-0.3, -0.25) is 10.1 Å². The summed E-state index contributed by atoms with van der Waals surface area (Å²) in [7, 11) is 0. The number of carbonyl (C=O) groups is 2. The molecule has 0 saturated carbocycles. The highest BCUT2D eigenvalue weighted by atomic mass is 19.4. The van der Waals surface area contributed by atoms with Crippen LogP contribution in [0.4, 0.5) is 28.0 Å². The Bertz CT molecular complexity index is 730. The van der Waals surface area contributed by atoms with Gasteiger partial charge >= 0.3 is 12.2 Å². The zero-order valence-corrected chi connectivity index (χ0v) is 11.4. The predicted molar refractivity (Wildman–Crippen MR) is 74.3 cm³/mol. The van der Waals surface area contributed by atoms with Crippen molar-refractivity contribution in [2.45, 2.75) is 6.18 Å².